The molecule has 1 atom stereocenters. The number of carbonyl (C=O) groups excluding carboxylic acids is 2. The van der Waals surface area contributed by atoms with Crippen LogP contribution in [-0.2, 0) is 6.54 Å². The quantitative estimate of drug-likeness (QED) is 0.716. The highest BCUT2D eigenvalue weighted by Crippen LogP contribution is 2.22. The van der Waals surface area contributed by atoms with E-state index in [9.17, 15) is 9.59 Å². The number of benzene rings is 1. The monoisotopic (exact) mass is 346 g/mol. The van der Waals surface area contributed by atoms with E-state index in [2.05, 4.69) is 21.6 Å². The van der Waals surface area contributed by atoms with Crippen molar-refractivity contribution in [1.82, 2.24) is 15.5 Å². The van der Waals surface area contributed by atoms with Crippen molar-refractivity contribution in [1.29, 1.82) is 0 Å². The van der Waals surface area contributed by atoms with Gasteiger partial charge in [-0.15, -0.1) is 11.3 Å². The van der Waals surface area contributed by atoms with Crippen LogP contribution in [0.1, 0.15) is 26.8 Å². The molecule has 7 heteroatoms. The molecular weight excluding hydrogens is 324 g/mol. The second-order valence-electron chi connectivity index (χ2n) is 5.62. The Morgan fingerprint density at radius 3 is 2.42 bits per heavy atom. The maximum Gasteiger partial charge on any atom is 0.312 e. The number of primary amides is 1. The molecule has 0 unspecified atom stereocenters. The summed E-state index contributed by atoms with van der Waals surface area (Å²) >= 11 is 1.68. The molecule has 0 saturated carbocycles. The van der Waals surface area contributed by atoms with E-state index >= 15 is 0 Å². The van der Waals surface area contributed by atoms with Gasteiger partial charge in [0.15, 0.2) is 0 Å². The lowest BCUT2D eigenvalue weighted by Gasteiger charge is -2.23. The van der Waals surface area contributed by atoms with E-state index < -0.39 is 6.03 Å². The summed E-state index contributed by atoms with van der Waals surface area (Å²) in [6, 6.07) is 10.7. The van der Waals surface area contributed by atoms with Gasteiger partial charge in [-0.05, 0) is 43.2 Å². The van der Waals surface area contributed by atoms with Crippen LogP contribution in [0.5, 0.6) is 0 Å². The molecule has 0 saturated heterocycles. The normalized spacial score (nSPS) is 12.0. The average molecular weight is 346 g/mol. The number of urea groups is 1. The smallest absolute Gasteiger partial charge is 0.312 e. The summed E-state index contributed by atoms with van der Waals surface area (Å²) in [6.45, 7) is 0.885. The van der Waals surface area contributed by atoms with Gasteiger partial charge in [-0.2, -0.15) is 0 Å². The third kappa shape index (κ3) is 5.07. The second kappa shape index (κ2) is 8.47. The van der Waals surface area contributed by atoms with Crippen molar-refractivity contribution >= 4 is 23.3 Å². The van der Waals surface area contributed by atoms with Crippen molar-refractivity contribution < 1.29 is 9.59 Å². The van der Waals surface area contributed by atoms with Gasteiger partial charge in [-0.3, -0.25) is 4.79 Å². The molecular formula is C17H22N4O2S. The van der Waals surface area contributed by atoms with Gasteiger partial charge in [0.05, 0.1) is 6.04 Å². The number of likely N-dealkylation sites (N-methyl/N-ethyl adjacent to an activating group) is 1. The number of hydrogen-bond donors (Lipinski definition) is 3. The predicted molar refractivity (Wildman–Crippen MR) is 95.9 cm³/mol. The van der Waals surface area contributed by atoms with Gasteiger partial charge >= 0.3 is 6.03 Å². The van der Waals surface area contributed by atoms with E-state index in [-0.39, 0.29) is 11.9 Å². The molecule has 0 radical (unpaired) electrons. The van der Waals surface area contributed by atoms with E-state index in [4.69, 9.17) is 5.73 Å². The van der Waals surface area contributed by atoms with Gasteiger partial charge in [0.1, 0.15) is 0 Å². The predicted octanol–water partition coefficient (Wildman–Crippen LogP) is 1.95. The summed E-state index contributed by atoms with van der Waals surface area (Å²) in [7, 11) is 3.99. The fourth-order valence-electron chi connectivity index (χ4n) is 2.27. The molecule has 2 rings (SSSR count). The molecule has 2 aromatic rings. The van der Waals surface area contributed by atoms with Crippen molar-refractivity contribution in [3.63, 3.8) is 0 Å². The molecule has 0 aliphatic carbocycles. The topological polar surface area (TPSA) is 87.5 Å². The van der Waals surface area contributed by atoms with Gasteiger partial charge in [0, 0.05) is 23.5 Å². The molecule has 0 aliphatic rings. The summed E-state index contributed by atoms with van der Waals surface area (Å²) in [5, 5.41) is 7.52. The summed E-state index contributed by atoms with van der Waals surface area (Å²) in [6.07, 6.45) is 0. The Kier molecular flexibility index (Phi) is 6.34. The number of carbonyl (C=O) groups is 2. The van der Waals surface area contributed by atoms with E-state index in [1.807, 2.05) is 25.5 Å². The zero-order chi connectivity index (χ0) is 17.5. The fraction of sp³-hybridized carbons (Fsp3) is 0.294. The minimum absolute atomic E-state index is 0.118. The maximum absolute atomic E-state index is 12.3. The highest BCUT2D eigenvalue weighted by molar-refractivity contribution is 7.10. The van der Waals surface area contributed by atoms with E-state index in [1.54, 1.807) is 35.6 Å². The molecule has 6 nitrogen and oxygen atoms in total. The lowest BCUT2D eigenvalue weighted by Crippen LogP contribution is -2.34. The molecule has 128 valence electrons. The largest absolute Gasteiger partial charge is 0.352 e. The Morgan fingerprint density at radius 2 is 1.88 bits per heavy atom. The van der Waals surface area contributed by atoms with Crippen molar-refractivity contribution in [3.8, 4) is 0 Å². The number of thiophene rings is 1. The van der Waals surface area contributed by atoms with Crippen LogP contribution in [0, 0.1) is 0 Å². The van der Waals surface area contributed by atoms with Crippen LogP contribution in [0.4, 0.5) is 4.79 Å². The van der Waals surface area contributed by atoms with E-state index in [0.717, 1.165) is 5.56 Å². The first kappa shape index (κ1) is 18.0. The number of hydrogen-bond acceptors (Lipinski definition) is 4. The minimum Gasteiger partial charge on any atom is -0.352 e. The number of nitrogens with one attached hydrogen (secondary N) is 2. The average Bonchev–Trinajstić information content (AvgIpc) is 3.07. The zero-order valence-electron chi connectivity index (χ0n) is 13.8. The molecule has 0 fully saturated rings. The molecule has 0 aliphatic heterocycles. The molecule has 1 aromatic heterocycles. The van der Waals surface area contributed by atoms with Crippen LogP contribution in [-0.4, -0.2) is 37.5 Å². The minimum atomic E-state index is -0.569. The zero-order valence-corrected chi connectivity index (χ0v) is 14.6. The van der Waals surface area contributed by atoms with Gasteiger partial charge < -0.3 is 21.3 Å². The Labute approximate surface area is 145 Å². The molecule has 3 amide bonds. The van der Waals surface area contributed by atoms with Crippen LogP contribution in [0.15, 0.2) is 41.8 Å². The van der Waals surface area contributed by atoms with Gasteiger partial charge in [-0.25, -0.2) is 4.79 Å². The SMILES string of the molecule is CN(C)[C@H](CNC(=O)c1ccc(CNC(N)=O)cc1)c1cccs1. The van der Waals surface area contributed by atoms with E-state index in [1.165, 1.54) is 4.88 Å². The summed E-state index contributed by atoms with van der Waals surface area (Å²) < 4.78 is 0. The lowest BCUT2D eigenvalue weighted by atomic mass is 10.1. The third-order valence-electron chi connectivity index (χ3n) is 3.63. The maximum atomic E-state index is 12.3. The van der Waals surface area contributed by atoms with Crippen LogP contribution >= 0.6 is 11.3 Å². The van der Waals surface area contributed by atoms with Crippen LogP contribution < -0.4 is 16.4 Å². The van der Waals surface area contributed by atoms with Gasteiger partial charge in [-0.1, -0.05) is 18.2 Å². The molecule has 0 spiro atoms. The Bertz CT molecular complexity index is 668. The van der Waals surface area contributed by atoms with Crippen molar-refractivity contribution in [2.45, 2.75) is 12.6 Å². The summed E-state index contributed by atoms with van der Waals surface area (Å²) in [5.41, 5.74) is 6.50. The van der Waals surface area contributed by atoms with E-state index in [0.29, 0.717) is 18.7 Å². The number of nitrogens with zero attached hydrogens (tertiary/aromatic N) is 1. The molecule has 0 bridgehead atoms. The molecule has 1 heterocycles. The van der Waals surface area contributed by atoms with Crippen molar-refractivity contribution in [2.75, 3.05) is 20.6 Å². The van der Waals surface area contributed by atoms with Gasteiger partial charge in [0.25, 0.3) is 5.91 Å². The summed E-state index contributed by atoms with van der Waals surface area (Å²) in [5.74, 6) is -0.118. The third-order valence-corrected chi connectivity index (χ3v) is 4.61. The second-order valence-corrected chi connectivity index (χ2v) is 6.60. The number of amides is 3. The fourth-order valence-corrected chi connectivity index (χ4v) is 3.20. The molecule has 1 aromatic carbocycles. The lowest BCUT2D eigenvalue weighted by molar-refractivity contribution is 0.0942. The highest BCUT2D eigenvalue weighted by atomic mass is 32.1. The molecule has 24 heavy (non-hydrogen) atoms. The van der Waals surface area contributed by atoms with Crippen LogP contribution in [0.25, 0.3) is 0 Å². The highest BCUT2D eigenvalue weighted by Gasteiger charge is 2.16. The summed E-state index contributed by atoms with van der Waals surface area (Å²) in [4.78, 5) is 26.3. The Balaban J connectivity index is 1.93. The van der Waals surface area contributed by atoms with Crippen LogP contribution in [0.3, 0.4) is 0 Å². The van der Waals surface area contributed by atoms with Gasteiger partial charge in [0.2, 0.25) is 0 Å². The first-order valence-corrected chi connectivity index (χ1v) is 8.45. The first-order chi connectivity index (χ1) is 11.5. The standard InChI is InChI=1S/C17H22N4O2S/c1-21(2)14(15-4-3-9-24-15)11-19-16(22)13-7-5-12(6-8-13)10-20-17(18)23/h3-9,14H,10-11H2,1-2H3,(H,19,22)(H3,18,20,23)/t14-/m1/s1. The number of rotatable bonds is 7. The Hall–Kier alpha value is -2.38. The van der Waals surface area contributed by atoms with Crippen molar-refractivity contribution in [3.05, 3.63) is 57.8 Å². The van der Waals surface area contributed by atoms with Crippen molar-refractivity contribution in [2.24, 2.45) is 5.73 Å². The molecule has 4 N–H and O–H groups in total. The number of nitrogens with two attached hydrogens (primary N) is 1. The van der Waals surface area contributed by atoms with Crippen LogP contribution in [0.2, 0.25) is 0 Å². The Morgan fingerprint density at radius 1 is 1.17 bits per heavy atom. The first-order valence-electron chi connectivity index (χ1n) is 7.57.